The van der Waals surface area contributed by atoms with Crippen LogP contribution in [0, 0.1) is 17.2 Å². The number of aromatic nitrogens is 3. The highest BCUT2D eigenvalue weighted by Gasteiger charge is 2.36. The van der Waals surface area contributed by atoms with Crippen molar-refractivity contribution < 1.29 is 4.68 Å². The van der Waals surface area contributed by atoms with E-state index in [1.165, 1.54) is 25.7 Å². The van der Waals surface area contributed by atoms with Crippen molar-refractivity contribution in [2.75, 3.05) is 0 Å². The zero-order chi connectivity index (χ0) is 15.6. The fourth-order valence-electron chi connectivity index (χ4n) is 3.80. The molecule has 6 heteroatoms. The van der Waals surface area contributed by atoms with E-state index in [1.807, 2.05) is 23.2 Å². The first-order valence-electron chi connectivity index (χ1n) is 8.19. The molecule has 1 saturated carbocycles. The molecule has 2 aliphatic rings. The van der Waals surface area contributed by atoms with Gasteiger partial charge in [-0.05, 0) is 24.0 Å². The molecule has 0 bridgehead atoms. The molecule has 6 nitrogen and oxygen atoms in total. The zero-order valence-electron chi connectivity index (χ0n) is 12.9. The molecule has 23 heavy (non-hydrogen) atoms. The van der Waals surface area contributed by atoms with Gasteiger partial charge in [-0.25, -0.2) is 9.97 Å². The van der Waals surface area contributed by atoms with Gasteiger partial charge in [0.05, 0.1) is 24.4 Å². The van der Waals surface area contributed by atoms with E-state index in [4.69, 9.17) is 0 Å². The molecule has 1 aliphatic carbocycles. The van der Waals surface area contributed by atoms with Gasteiger partial charge in [0.15, 0.2) is 12.3 Å². The highest BCUT2D eigenvalue weighted by atomic mass is 15.4. The molecular formula is C17H19N6+. The Hall–Kier alpha value is -2.55. The summed E-state index contributed by atoms with van der Waals surface area (Å²) in [5.74, 6) is 0.610. The number of nitrogens with one attached hydrogen (secondary N) is 1. The smallest absolute Gasteiger partial charge is 0.199 e. The molecule has 1 N–H and O–H groups in total. The molecule has 2 aromatic heterocycles. The third kappa shape index (κ3) is 2.52. The monoisotopic (exact) mass is 307 g/mol. The lowest BCUT2D eigenvalue weighted by Gasteiger charge is -2.13. The van der Waals surface area contributed by atoms with Crippen LogP contribution in [-0.2, 0) is 0 Å². The van der Waals surface area contributed by atoms with Crippen LogP contribution in [0.2, 0.25) is 0 Å². The lowest BCUT2D eigenvalue weighted by molar-refractivity contribution is -0.572. The van der Waals surface area contributed by atoms with Crippen molar-refractivity contribution in [2.45, 2.75) is 44.1 Å². The SMILES string of the molecule is N#CC[C@H](C1CCCC1)[N+]1=CC(c2ncnc3[nH]ccc23)C=N1. The van der Waals surface area contributed by atoms with Crippen LogP contribution >= 0.6 is 0 Å². The first-order valence-corrected chi connectivity index (χ1v) is 8.19. The minimum Gasteiger partial charge on any atom is -0.346 e. The molecule has 0 saturated heterocycles. The second kappa shape index (κ2) is 5.92. The highest BCUT2D eigenvalue weighted by molar-refractivity contribution is 5.94. The summed E-state index contributed by atoms with van der Waals surface area (Å²) in [6.45, 7) is 0. The first kappa shape index (κ1) is 14.1. The van der Waals surface area contributed by atoms with Crippen molar-refractivity contribution in [1.82, 2.24) is 15.0 Å². The number of fused-ring (bicyclic) bond motifs is 1. The molecule has 4 rings (SSSR count). The number of hydrogen-bond acceptors (Lipinski definition) is 4. The van der Waals surface area contributed by atoms with E-state index in [0.717, 1.165) is 16.7 Å². The number of aromatic amines is 1. The summed E-state index contributed by atoms with van der Waals surface area (Å²) < 4.78 is 2.00. The Morgan fingerprint density at radius 3 is 3.04 bits per heavy atom. The standard InChI is InChI=1S/C17H19N6/c18-7-5-15(12-3-1-2-4-12)23-10-13(9-22-23)16-14-6-8-19-17(14)21-11-20-16/h6,8-13,15H,1-5H2,(H,19,20,21)/q+1/t13?,15-/m1/s1. The molecule has 1 aliphatic heterocycles. The second-order valence-electron chi connectivity index (χ2n) is 6.29. The molecule has 116 valence electrons. The topological polar surface area (TPSA) is 80.7 Å². The Morgan fingerprint density at radius 2 is 2.22 bits per heavy atom. The van der Waals surface area contributed by atoms with E-state index in [2.05, 4.69) is 32.3 Å². The van der Waals surface area contributed by atoms with Gasteiger partial charge in [0, 0.05) is 17.5 Å². The Labute approximate surface area is 134 Å². The van der Waals surface area contributed by atoms with Crippen LogP contribution in [0.5, 0.6) is 0 Å². The number of H-pyrrole nitrogens is 1. The fourth-order valence-corrected chi connectivity index (χ4v) is 3.80. The number of nitrogens with zero attached hydrogens (tertiary/aromatic N) is 5. The molecule has 0 amide bonds. The summed E-state index contributed by atoms with van der Waals surface area (Å²) in [6.07, 6.45) is 13.0. The Balaban J connectivity index is 1.65. The molecule has 1 unspecified atom stereocenters. The van der Waals surface area contributed by atoms with Crippen molar-refractivity contribution in [2.24, 2.45) is 11.0 Å². The summed E-state index contributed by atoms with van der Waals surface area (Å²) in [4.78, 5) is 11.8. The molecule has 2 atom stereocenters. The predicted molar refractivity (Wildman–Crippen MR) is 87.4 cm³/mol. The molecule has 0 radical (unpaired) electrons. The van der Waals surface area contributed by atoms with E-state index >= 15 is 0 Å². The van der Waals surface area contributed by atoms with Gasteiger partial charge in [0.25, 0.3) is 0 Å². The van der Waals surface area contributed by atoms with Gasteiger partial charge in [0.2, 0.25) is 0 Å². The minimum absolute atomic E-state index is 0.0406. The average molecular weight is 307 g/mol. The summed E-state index contributed by atoms with van der Waals surface area (Å²) >= 11 is 0. The minimum atomic E-state index is 0.0406. The van der Waals surface area contributed by atoms with E-state index in [9.17, 15) is 5.26 Å². The Morgan fingerprint density at radius 1 is 1.35 bits per heavy atom. The second-order valence-corrected chi connectivity index (χ2v) is 6.29. The molecule has 1 fully saturated rings. The van der Waals surface area contributed by atoms with Gasteiger partial charge in [-0.1, -0.05) is 17.5 Å². The van der Waals surface area contributed by atoms with Gasteiger partial charge in [-0.3, -0.25) is 0 Å². The van der Waals surface area contributed by atoms with Crippen LogP contribution in [0.25, 0.3) is 11.0 Å². The maximum Gasteiger partial charge on any atom is 0.199 e. The normalized spacial score (nSPS) is 22.4. The number of hydrogen-bond donors (Lipinski definition) is 1. The molecule has 0 aromatic carbocycles. The number of nitriles is 1. The van der Waals surface area contributed by atoms with E-state index in [1.54, 1.807) is 6.33 Å². The number of hydrazone groups is 1. The van der Waals surface area contributed by atoms with E-state index < -0.39 is 0 Å². The predicted octanol–water partition coefficient (Wildman–Crippen LogP) is 2.60. The van der Waals surface area contributed by atoms with Crippen LogP contribution in [0.15, 0.2) is 23.7 Å². The number of rotatable bonds is 4. The first-order chi connectivity index (χ1) is 11.4. The molecule has 2 aromatic rings. The quantitative estimate of drug-likeness (QED) is 0.882. The summed E-state index contributed by atoms with van der Waals surface area (Å²) in [5, 5.41) is 14.8. The molecule has 3 heterocycles. The van der Waals surface area contributed by atoms with Gasteiger partial charge in [0.1, 0.15) is 17.9 Å². The summed E-state index contributed by atoms with van der Waals surface area (Å²) in [5.41, 5.74) is 1.81. The Kier molecular flexibility index (Phi) is 3.62. The van der Waals surface area contributed by atoms with Crippen LogP contribution in [0.1, 0.15) is 43.7 Å². The maximum atomic E-state index is 9.19. The highest BCUT2D eigenvalue weighted by Crippen LogP contribution is 2.32. The van der Waals surface area contributed by atoms with Crippen LogP contribution in [-0.4, -0.2) is 38.1 Å². The molecular weight excluding hydrogens is 288 g/mol. The van der Waals surface area contributed by atoms with E-state index in [-0.39, 0.29) is 12.0 Å². The van der Waals surface area contributed by atoms with Crippen molar-refractivity contribution in [3.05, 3.63) is 24.3 Å². The lowest BCUT2D eigenvalue weighted by Crippen LogP contribution is -2.29. The summed E-state index contributed by atoms with van der Waals surface area (Å²) in [7, 11) is 0. The van der Waals surface area contributed by atoms with Crippen molar-refractivity contribution >= 4 is 23.5 Å². The van der Waals surface area contributed by atoms with Crippen LogP contribution < -0.4 is 0 Å². The van der Waals surface area contributed by atoms with Gasteiger partial charge < -0.3 is 4.98 Å². The largest absolute Gasteiger partial charge is 0.346 e. The van der Waals surface area contributed by atoms with Crippen LogP contribution in [0.3, 0.4) is 0 Å². The third-order valence-corrected chi connectivity index (χ3v) is 4.96. The summed E-state index contributed by atoms with van der Waals surface area (Å²) in [6, 6.07) is 4.52. The van der Waals surface area contributed by atoms with Gasteiger partial charge in [-0.2, -0.15) is 5.26 Å². The van der Waals surface area contributed by atoms with E-state index in [0.29, 0.717) is 12.3 Å². The van der Waals surface area contributed by atoms with Crippen LogP contribution in [0.4, 0.5) is 0 Å². The Bertz CT molecular complexity index is 806. The average Bonchev–Trinajstić information content (AvgIpc) is 3.32. The van der Waals surface area contributed by atoms with Crippen molar-refractivity contribution in [1.29, 1.82) is 5.26 Å². The van der Waals surface area contributed by atoms with Gasteiger partial charge >= 0.3 is 0 Å². The van der Waals surface area contributed by atoms with Gasteiger partial charge in [-0.15, -0.1) is 0 Å². The van der Waals surface area contributed by atoms with Crippen molar-refractivity contribution in [3.8, 4) is 6.07 Å². The maximum absolute atomic E-state index is 9.19. The van der Waals surface area contributed by atoms with Crippen molar-refractivity contribution in [3.63, 3.8) is 0 Å². The third-order valence-electron chi connectivity index (χ3n) is 4.96. The molecule has 0 spiro atoms. The fraction of sp³-hybridized carbons (Fsp3) is 0.471. The lowest BCUT2D eigenvalue weighted by atomic mass is 9.96. The zero-order valence-corrected chi connectivity index (χ0v) is 12.9.